The molecule has 34 heavy (non-hydrogen) atoms. The summed E-state index contributed by atoms with van der Waals surface area (Å²) in [4.78, 5) is 26.5. The van der Waals surface area contributed by atoms with Crippen molar-refractivity contribution in [1.82, 2.24) is 19.9 Å². The van der Waals surface area contributed by atoms with Crippen molar-refractivity contribution in [3.8, 4) is 0 Å². The molecule has 1 atom stereocenters. The Morgan fingerprint density at radius 1 is 1.09 bits per heavy atom. The molecule has 0 amide bonds. The Balaban J connectivity index is 1.48. The topological polar surface area (TPSA) is 91.2 Å². The zero-order chi connectivity index (χ0) is 24.3. The molecule has 0 saturated heterocycles. The maximum atomic E-state index is 12.8. The maximum absolute atomic E-state index is 12.8. The lowest BCUT2D eigenvalue weighted by molar-refractivity contribution is -0.138. The molecule has 7 nitrogen and oxygen atoms in total. The van der Waals surface area contributed by atoms with Gasteiger partial charge in [-0.2, -0.15) is 0 Å². The lowest BCUT2D eigenvalue weighted by Gasteiger charge is -2.24. The second kappa shape index (κ2) is 13.6. The van der Waals surface area contributed by atoms with Gasteiger partial charge in [-0.15, -0.1) is 0 Å². The molecular formula is C24H32BrF2N5O2. The van der Waals surface area contributed by atoms with E-state index in [2.05, 4.69) is 43.3 Å². The van der Waals surface area contributed by atoms with E-state index < -0.39 is 18.4 Å². The first-order valence-electron chi connectivity index (χ1n) is 11.9. The van der Waals surface area contributed by atoms with Crippen LogP contribution in [0.4, 0.5) is 14.7 Å². The molecule has 2 N–H and O–H groups in total. The van der Waals surface area contributed by atoms with Crippen molar-refractivity contribution in [2.75, 3.05) is 25.0 Å². The van der Waals surface area contributed by atoms with Crippen molar-refractivity contribution in [3.63, 3.8) is 0 Å². The Morgan fingerprint density at radius 2 is 1.82 bits per heavy atom. The van der Waals surface area contributed by atoms with Crippen LogP contribution in [-0.2, 0) is 24.1 Å². The van der Waals surface area contributed by atoms with Gasteiger partial charge in [0.25, 0.3) is 0 Å². The summed E-state index contributed by atoms with van der Waals surface area (Å²) in [6.07, 6.45) is 7.89. The third kappa shape index (κ3) is 8.87. The fraction of sp³-hybridized carbons (Fsp3) is 0.583. The van der Waals surface area contributed by atoms with Crippen LogP contribution in [0, 0.1) is 0 Å². The van der Waals surface area contributed by atoms with Gasteiger partial charge in [-0.05, 0) is 85.5 Å². The van der Waals surface area contributed by atoms with E-state index in [0.717, 1.165) is 37.8 Å². The number of carboxylic acids is 1. The number of nitrogens with zero attached hydrogens (tertiary/aromatic N) is 4. The third-order valence-corrected chi connectivity index (χ3v) is 6.42. The molecule has 1 aliphatic rings. The number of halogens is 3. The standard InChI is InChI=1S/C24H32BrF2N5O2/c25-18-15-28-24(29-16-18)31-21(23(33)34)10-13-32(14-11-22(26)27)12-4-3-6-19-9-8-17-5-1-2-7-20(17)30-19/h8-9,15-16,21-22H,1-7,10-14H2,(H,33,34)(H,28,29,31)/t21-/m0/s1. The molecule has 0 aromatic carbocycles. The van der Waals surface area contributed by atoms with Gasteiger partial charge in [-0.3, -0.25) is 4.98 Å². The number of fused-ring (bicyclic) bond motifs is 1. The van der Waals surface area contributed by atoms with Crippen LogP contribution >= 0.6 is 15.9 Å². The molecule has 0 spiro atoms. The van der Waals surface area contributed by atoms with Gasteiger partial charge in [-0.1, -0.05) is 6.07 Å². The van der Waals surface area contributed by atoms with E-state index in [0.29, 0.717) is 17.6 Å². The molecule has 10 heteroatoms. The van der Waals surface area contributed by atoms with Crippen LogP contribution in [-0.4, -0.2) is 63.0 Å². The zero-order valence-corrected chi connectivity index (χ0v) is 20.8. The van der Waals surface area contributed by atoms with Gasteiger partial charge < -0.3 is 15.3 Å². The molecular weight excluding hydrogens is 508 g/mol. The van der Waals surface area contributed by atoms with Crippen molar-refractivity contribution >= 4 is 27.8 Å². The SMILES string of the molecule is O=C(O)[C@H](CCN(CCCCc1ccc2c(n1)CCCC2)CCC(F)F)Nc1ncc(Br)cn1. The average Bonchev–Trinajstić information content (AvgIpc) is 2.82. The molecule has 0 fully saturated rings. The van der Waals surface area contributed by atoms with E-state index in [-0.39, 0.29) is 25.3 Å². The number of nitrogens with one attached hydrogen (secondary N) is 1. The first-order valence-corrected chi connectivity index (χ1v) is 12.6. The summed E-state index contributed by atoms with van der Waals surface area (Å²) in [5, 5.41) is 12.4. The van der Waals surface area contributed by atoms with E-state index in [1.807, 2.05) is 4.90 Å². The number of carbonyl (C=O) groups is 1. The average molecular weight is 540 g/mol. The minimum atomic E-state index is -2.38. The Morgan fingerprint density at radius 3 is 2.56 bits per heavy atom. The number of aryl methyl sites for hydroxylation is 3. The van der Waals surface area contributed by atoms with Gasteiger partial charge >= 0.3 is 5.97 Å². The number of alkyl halides is 2. The fourth-order valence-corrected chi connectivity index (χ4v) is 4.34. The highest BCUT2D eigenvalue weighted by atomic mass is 79.9. The molecule has 0 bridgehead atoms. The molecule has 2 heterocycles. The number of aliphatic carboxylic acids is 1. The normalized spacial score (nSPS) is 14.3. The molecule has 0 unspecified atom stereocenters. The monoisotopic (exact) mass is 539 g/mol. The first kappa shape index (κ1) is 26.4. The van der Waals surface area contributed by atoms with Crippen molar-refractivity contribution in [2.45, 2.75) is 70.3 Å². The summed E-state index contributed by atoms with van der Waals surface area (Å²) >= 11 is 3.24. The second-order valence-corrected chi connectivity index (χ2v) is 9.56. The molecule has 2 aromatic rings. The highest BCUT2D eigenvalue weighted by Gasteiger charge is 2.20. The summed E-state index contributed by atoms with van der Waals surface area (Å²) in [6.45, 7) is 1.26. The summed E-state index contributed by atoms with van der Waals surface area (Å²) in [5.74, 6) is -0.814. The fourth-order valence-electron chi connectivity index (χ4n) is 4.14. The smallest absolute Gasteiger partial charge is 0.326 e. The highest BCUT2D eigenvalue weighted by Crippen LogP contribution is 2.20. The Kier molecular flexibility index (Phi) is 10.6. The van der Waals surface area contributed by atoms with Crippen LogP contribution < -0.4 is 5.32 Å². The molecule has 0 saturated carbocycles. The van der Waals surface area contributed by atoms with Crippen LogP contribution in [0.3, 0.4) is 0 Å². The van der Waals surface area contributed by atoms with Crippen LogP contribution in [0.1, 0.15) is 55.5 Å². The van der Waals surface area contributed by atoms with Gasteiger partial charge in [0.15, 0.2) is 0 Å². The largest absolute Gasteiger partial charge is 0.480 e. The summed E-state index contributed by atoms with van der Waals surface area (Å²) < 4.78 is 26.3. The van der Waals surface area contributed by atoms with E-state index in [1.165, 1.54) is 36.5 Å². The van der Waals surface area contributed by atoms with Gasteiger partial charge in [0.2, 0.25) is 12.4 Å². The number of carboxylic acid groups (broad SMARTS) is 1. The minimum Gasteiger partial charge on any atom is -0.480 e. The van der Waals surface area contributed by atoms with Crippen molar-refractivity contribution in [3.05, 3.63) is 46.0 Å². The molecule has 0 radical (unpaired) electrons. The summed E-state index contributed by atoms with van der Waals surface area (Å²) in [7, 11) is 0. The minimum absolute atomic E-state index is 0.215. The number of rotatable bonds is 14. The maximum Gasteiger partial charge on any atom is 0.326 e. The van der Waals surface area contributed by atoms with E-state index in [4.69, 9.17) is 4.98 Å². The van der Waals surface area contributed by atoms with Gasteiger partial charge in [0, 0.05) is 43.3 Å². The quantitative estimate of drug-likeness (QED) is 0.335. The number of unbranched alkanes of at least 4 members (excludes halogenated alkanes) is 1. The number of aromatic nitrogens is 3. The van der Waals surface area contributed by atoms with Gasteiger partial charge in [0.05, 0.1) is 4.47 Å². The third-order valence-electron chi connectivity index (χ3n) is 6.01. The van der Waals surface area contributed by atoms with E-state index >= 15 is 0 Å². The Bertz CT molecular complexity index is 917. The molecule has 0 aliphatic heterocycles. The number of hydrogen-bond donors (Lipinski definition) is 2. The molecule has 1 aliphatic carbocycles. The van der Waals surface area contributed by atoms with Crippen molar-refractivity contribution in [2.24, 2.45) is 0 Å². The van der Waals surface area contributed by atoms with Crippen LogP contribution in [0.25, 0.3) is 0 Å². The number of anilines is 1. The van der Waals surface area contributed by atoms with Crippen LogP contribution in [0.2, 0.25) is 0 Å². The number of hydrogen-bond acceptors (Lipinski definition) is 6. The van der Waals surface area contributed by atoms with Crippen LogP contribution in [0.5, 0.6) is 0 Å². The van der Waals surface area contributed by atoms with Crippen molar-refractivity contribution < 1.29 is 18.7 Å². The predicted molar refractivity (Wildman–Crippen MR) is 130 cm³/mol. The zero-order valence-electron chi connectivity index (χ0n) is 19.2. The van der Waals surface area contributed by atoms with Crippen LogP contribution in [0.15, 0.2) is 29.0 Å². The Labute approximate surface area is 207 Å². The highest BCUT2D eigenvalue weighted by molar-refractivity contribution is 9.10. The molecule has 186 valence electrons. The molecule has 2 aromatic heterocycles. The lowest BCUT2D eigenvalue weighted by Crippen LogP contribution is -2.36. The predicted octanol–water partition coefficient (Wildman–Crippen LogP) is 4.75. The van der Waals surface area contributed by atoms with Gasteiger partial charge in [0.1, 0.15) is 6.04 Å². The lowest BCUT2D eigenvalue weighted by atomic mass is 9.95. The van der Waals surface area contributed by atoms with E-state index in [1.54, 1.807) is 0 Å². The second-order valence-electron chi connectivity index (χ2n) is 8.64. The number of pyridine rings is 1. The summed E-state index contributed by atoms with van der Waals surface area (Å²) in [5.41, 5.74) is 3.68. The molecule has 3 rings (SSSR count). The van der Waals surface area contributed by atoms with E-state index in [9.17, 15) is 18.7 Å². The van der Waals surface area contributed by atoms with Gasteiger partial charge in [-0.25, -0.2) is 23.5 Å². The Hall–Kier alpha value is -2.20. The summed E-state index contributed by atoms with van der Waals surface area (Å²) in [6, 6.07) is 3.39. The van der Waals surface area contributed by atoms with Crippen molar-refractivity contribution in [1.29, 1.82) is 0 Å². The first-order chi connectivity index (χ1) is 16.4.